The van der Waals surface area contributed by atoms with Crippen molar-refractivity contribution in [3.63, 3.8) is 0 Å². The molecule has 6 nitrogen and oxygen atoms in total. The van der Waals surface area contributed by atoms with Crippen LogP contribution in [0.2, 0.25) is 0 Å². The fraction of sp³-hybridized carbons (Fsp3) is 0.300. The van der Waals surface area contributed by atoms with Crippen LogP contribution in [0.5, 0.6) is 0 Å². The third-order valence-electron chi connectivity index (χ3n) is 4.75. The van der Waals surface area contributed by atoms with Crippen molar-refractivity contribution in [2.75, 3.05) is 6.54 Å². The van der Waals surface area contributed by atoms with Crippen molar-refractivity contribution < 1.29 is 16.8 Å². The van der Waals surface area contributed by atoms with E-state index in [1.165, 1.54) is 16.4 Å². The van der Waals surface area contributed by atoms with Crippen molar-refractivity contribution in [2.45, 2.75) is 42.1 Å². The minimum Gasteiger partial charge on any atom is -0.207 e. The van der Waals surface area contributed by atoms with Crippen LogP contribution in [-0.4, -0.2) is 39.8 Å². The molecule has 1 aliphatic rings. The van der Waals surface area contributed by atoms with E-state index in [1.54, 1.807) is 42.5 Å². The molecule has 0 radical (unpaired) electrons. The lowest BCUT2D eigenvalue weighted by Crippen LogP contribution is -2.40. The molecule has 0 amide bonds. The molecule has 150 valence electrons. The number of nitrogens with one attached hydrogen (secondary N) is 1. The zero-order valence-electron chi connectivity index (χ0n) is 15.9. The van der Waals surface area contributed by atoms with E-state index in [4.69, 9.17) is 0 Å². The van der Waals surface area contributed by atoms with Gasteiger partial charge in [0.05, 0.1) is 15.8 Å². The molecule has 1 unspecified atom stereocenters. The quantitative estimate of drug-likeness (QED) is 0.526. The maximum absolute atomic E-state index is 12.8. The van der Waals surface area contributed by atoms with E-state index < -0.39 is 32.1 Å². The lowest BCUT2D eigenvalue weighted by molar-refractivity contribution is 0.503. The highest BCUT2D eigenvalue weighted by atomic mass is 32.2. The number of sulfonamides is 2. The second kappa shape index (κ2) is 7.79. The van der Waals surface area contributed by atoms with Gasteiger partial charge < -0.3 is 0 Å². The number of hydrogen-bond donors (Lipinski definition) is 1. The van der Waals surface area contributed by atoms with Gasteiger partial charge in [0, 0.05) is 12.6 Å². The van der Waals surface area contributed by atoms with Crippen LogP contribution in [0.4, 0.5) is 0 Å². The van der Waals surface area contributed by atoms with Crippen LogP contribution in [0, 0.1) is 13.8 Å². The number of rotatable bonds is 8. The molecule has 1 aliphatic heterocycles. The third kappa shape index (κ3) is 4.35. The maximum Gasteiger partial charge on any atom is 0.243 e. The van der Waals surface area contributed by atoms with Gasteiger partial charge in [0.15, 0.2) is 0 Å². The number of aryl methyl sites for hydroxylation is 2. The summed E-state index contributed by atoms with van der Waals surface area (Å²) >= 11 is 0. The van der Waals surface area contributed by atoms with Gasteiger partial charge in [-0.05, 0) is 44.5 Å². The first-order chi connectivity index (χ1) is 13.1. The van der Waals surface area contributed by atoms with Gasteiger partial charge in [-0.1, -0.05) is 41.5 Å². The highest BCUT2D eigenvalue weighted by molar-refractivity contribution is 7.90. The molecule has 2 aromatic rings. The van der Waals surface area contributed by atoms with Gasteiger partial charge in [0.2, 0.25) is 20.0 Å². The van der Waals surface area contributed by atoms with Crippen molar-refractivity contribution in [3.05, 3.63) is 72.3 Å². The largest absolute Gasteiger partial charge is 0.243 e. The predicted octanol–water partition coefficient (Wildman–Crippen LogP) is 2.60. The summed E-state index contributed by atoms with van der Waals surface area (Å²) in [6, 6.07) is 12.1. The number of hydrogen-bond acceptors (Lipinski definition) is 4. The Morgan fingerprint density at radius 3 is 2.00 bits per heavy atom. The molecule has 2 aromatic carbocycles. The molecule has 0 aromatic heterocycles. The Hall–Kier alpha value is -2.00. The number of nitrogens with zero attached hydrogens (tertiary/aromatic N) is 1. The first-order valence-electron chi connectivity index (χ1n) is 8.93. The summed E-state index contributed by atoms with van der Waals surface area (Å²) in [5.41, 5.74) is 1.93. The molecule has 28 heavy (non-hydrogen) atoms. The summed E-state index contributed by atoms with van der Waals surface area (Å²) in [7, 11) is -7.42. The average Bonchev–Trinajstić information content (AvgIpc) is 3.43. The van der Waals surface area contributed by atoms with Crippen LogP contribution in [0.1, 0.15) is 17.5 Å². The van der Waals surface area contributed by atoms with Crippen molar-refractivity contribution in [1.82, 2.24) is 9.03 Å². The standard InChI is InChI=1S/C20H24N2O4S2/c1-4-5-19(21-27(23,24)17-10-6-15(2)7-11-17)20-14-22(20)28(25,26)18-12-8-16(3)9-13-18/h4,6-13,19-21H,1,5,14H2,2-3H3/t19-,20-,22?/m0/s1. The van der Waals surface area contributed by atoms with Crippen LogP contribution >= 0.6 is 0 Å². The summed E-state index contributed by atoms with van der Waals surface area (Å²) in [6.45, 7) is 7.71. The van der Waals surface area contributed by atoms with Gasteiger partial charge in [-0.2, -0.15) is 4.31 Å². The van der Waals surface area contributed by atoms with Gasteiger partial charge in [0.25, 0.3) is 0 Å². The van der Waals surface area contributed by atoms with Gasteiger partial charge in [-0.3, -0.25) is 0 Å². The second-order valence-corrected chi connectivity index (χ2v) is 10.6. The van der Waals surface area contributed by atoms with E-state index in [1.807, 2.05) is 13.8 Å². The Kier molecular flexibility index (Phi) is 5.77. The van der Waals surface area contributed by atoms with E-state index in [9.17, 15) is 16.8 Å². The number of benzene rings is 2. The Morgan fingerprint density at radius 2 is 1.50 bits per heavy atom. The second-order valence-electron chi connectivity index (χ2n) is 7.02. The maximum atomic E-state index is 12.8. The SMILES string of the molecule is C=CC[C@H](NS(=O)(=O)c1ccc(C)cc1)[C@@H]1CN1S(=O)(=O)c1ccc(C)cc1. The minimum absolute atomic E-state index is 0.153. The van der Waals surface area contributed by atoms with Crippen LogP contribution in [0.15, 0.2) is 71.0 Å². The first-order valence-corrected chi connectivity index (χ1v) is 11.9. The summed E-state index contributed by atoms with van der Waals surface area (Å²) in [5.74, 6) is 0. The molecule has 3 atom stereocenters. The zero-order chi connectivity index (χ0) is 20.5. The fourth-order valence-electron chi connectivity index (χ4n) is 3.04. The molecule has 1 fully saturated rings. The monoisotopic (exact) mass is 420 g/mol. The summed E-state index contributed by atoms with van der Waals surface area (Å²) < 4.78 is 55.0. The topological polar surface area (TPSA) is 83.3 Å². The molecule has 0 bridgehead atoms. The lowest BCUT2D eigenvalue weighted by Gasteiger charge is -2.18. The fourth-order valence-corrected chi connectivity index (χ4v) is 5.92. The molecule has 1 saturated heterocycles. The van der Waals surface area contributed by atoms with E-state index in [0.29, 0.717) is 6.42 Å². The van der Waals surface area contributed by atoms with Gasteiger partial charge in [-0.15, -0.1) is 6.58 Å². The van der Waals surface area contributed by atoms with Crippen molar-refractivity contribution >= 4 is 20.0 Å². The van der Waals surface area contributed by atoms with Gasteiger partial charge in [-0.25, -0.2) is 21.6 Å². The molecule has 8 heteroatoms. The molecular weight excluding hydrogens is 396 g/mol. The predicted molar refractivity (Wildman–Crippen MR) is 109 cm³/mol. The highest BCUT2D eigenvalue weighted by Crippen LogP contribution is 2.32. The van der Waals surface area contributed by atoms with Gasteiger partial charge >= 0.3 is 0 Å². The average molecular weight is 421 g/mol. The third-order valence-corrected chi connectivity index (χ3v) is 8.16. The molecule has 0 aliphatic carbocycles. The van der Waals surface area contributed by atoms with E-state index >= 15 is 0 Å². The summed E-state index contributed by atoms with van der Waals surface area (Å²) in [4.78, 5) is 0.361. The Labute approximate surface area is 167 Å². The lowest BCUT2D eigenvalue weighted by atomic mass is 10.1. The van der Waals surface area contributed by atoms with Crippen molar-refractivity contribution in [2.24, 2.45) is 0 Å². The highest BCUT2D eigenvalue weighted by Gasteiger charge is 2.49. The summed E-state index contributed by atoms with van der Waals surface area (Å²) in [5, 5.41) is 0. The van der Waals surface area contributed by atoms with Crippen molar-refractivity contribution in [3.8, 4) is 0 Å². The first kappa shape index (κ1) is 20.7. The summed E-state index contributed by atoms with van der Waals surface area (Å²) in [6.07, 6.45) is 1.92. The van der Waals surface area contributed by atoms with Gasteiger partial charge in [0.1, 0.15) is 0 Å². The van der Waals surface area contributed by atoms with Crippen LogP contribution in [0.3, 0.4) is 0 Å². The molecular formula is C20H24N2O4S2. The van der Waals surface area contributed by atoms with Crippen LogP contribution < -0.4 is 4.72 Å². The molecule has 1 heterocycles. The Morgan fingerprint density at radius 1 is 1.00 bits per heavy atom. The van der Waals surface area contributed by atoms with E-state index in [0.717, 1.165) is 11.1 Å². The molecule has 0 spiro atoms. The molecule has 0 saturated carbocycles. The van der Waals surface area contributed by atoms with Crippen molar-refractivity contribution in [1.29, 1.82) is 0 Å². The van der Waals surface area contributed by atoms with E-state index in [-0.39, 0.29) is 16.3 Å². The normalized spacial score (nSPS) is 20.5. The Bertz CT molecular complexity index is 1060. The van der Waals surface area contributed by atoms with Crippen LogP contribution in [0.25, 0.3) is 0 Å². The molecule has 3 rings (SSSR count). The van der Waals surface area contributed by atoms with E-state index in [2.05, 4.69) is 11.3 Å². The zero-order valence-corrected chi connectivity index (χ0v) is 17.5. The minimum atomic E-state index is -3.76. The smallest absolute Gasteiger partial charge is 0.207 e. The molecule has 1 N–H and O–H groups in total. The van der Waals surface area contributed by atoms with Crippen LogP contribution in [-0.2, 0) is 20.0 Å². The Balaban J connectivity index is 1.79.